The number of hydrogen-bond acceptors (Lipinski definition) is 4. The van der Waals surface area contributed by atoms with Crippen molar-refractivity contribution < 1.29 is 9.31 Å². The van der Waals surface area contributed by atoms with Crippen LogP contribution in [0.4, 0.5) is 0 Å². The monoisotopic (exact) mass is 265 g/mol. The molecule has 5 nitrogen and oxygen atoms in total. The molecule has 1 saturated heterocycles. The summed E-state index contributed by atoms with van der Waals surface area (Å²) in [6.45, 7) is 14.5. The van der Waals surface area contributed by atoms with Crippen LogP contribution in [0.25, 0.3) is 0 Å². The van der Waals surface area contributed by atoms with Crippen LogP contribution < -0.4 is 5.59 Å². The maximum Gasteiger partial charge on any atom is 0.518 e. The van der Waals surface area contributed by atoms with Gasteiger partial charge in [0.2, 0.25) is 0 Å². The Bertz CT molecular complexity index is 452. The lowest BCUT2D eigenvalue weighted by molar-refractivity contribution is 0.00578. The van der Waals surface area contributed by atoms with Crippen molar-refractivity contribution in [1.29, 1.82) is 0 Å². The summed E-state index contributed by atoms with van der Waals surface area (Å²) in [4.78, 5) is 0. The van der Waals surface area contributed by atoms with Gasteiger partial charge < -0.3 is 9.31 Å². The zero-order chi connectivity index (χ0) is 14.4. The SMILES string of the molecule is CCc1c(B2OC(C)(C)C(C)(C)O2)nnn1C(C)C. The second-order valence-electron chi connectivity index (χ2n) is 6.40. The molecule has 1 aliphatic heterocycles. The fourth-order valence-corrected chi connectivity index (χ4v) is 2.22. The Kier molecular flexibility index (Phi) is 3.52. The molecule has 1 aromatic rings. The van der Waals surface area contributed by atoms with Crippen LogP contribution in [-0.2, 0) is 15.7 Å². The summed E-state index contributed by atoms with van der Waals surface area (Å²) < 4.78 is 14.0. The molecule has 2 heterocycles. The van der Waals surface area contributed by atoms with Crippen LogP contribution in [0.15, 0.2) is 0 Å². The molecule has 0 radical (unpaired) electrons. The van der Waals surface area contributed by atoms with Crippen molar-refractivity contribution >= 4 is 12.7 Å². The Hall–Kier alpha value is -0.875. The van der Waals surface area contributed by atoms with E-state index in [1.807, 2.05) is 32.4 Å². The van der Waals surface area contributed by atoms with E-state index >= 15 is 0 Å². The summed E-state index contributed by atoms with van der Waals surface area (Å²) in [5.41, 5.74) is 1.22. The van der Waals surface area contributed by atoms with Gasteiger partial charge in [0.15, 0.2) is 0 Å². The summed E-state index contributed by atoms with van der Waals surface area (Å²) in [5.74, 6) is 0. The molecule has 0 atom stereocenters. The van der Waals surface area contributed by atoms with E-state index in [0.717, 1.165) is 17.7 Å². The smallest absolute Gasteiger partial charge is 0.398 e. The van der Waals surface area contributed by atoms with E-state index in [-0.39, 0.29) is 11.2 Å². The zero-order valence-corrected chi connectivity index (χ0v) is 13.0. The highest BCUT2D eigenvalue weighted by Gasteiger charge is 2.53. The molecule has 0 saturated carbocycles. The van der Waals surface area contributed by atoms with E-state index < -0.39 is 7.12 Å². The molecular weight excluding hydrogens is 241 g/mol. The van der Waals surface area contributed by atoms with Gasteiger partial charge in [0.05, 0.1) is 16.9 Å². The van der Waals surface area contributed by atoms with Gasteiger partial charge in [0.25, 0.3) is 0 Å². The third-order valence-electron chi connectivity index (χ3n) is 4.12. The Balaban J connectivity index is 2.35. The predicted molar refractivity (Wildman–Crippen MR) is 75.5 cm³/mol. The van der Waals surface area contributed by atoms with Gasteiger partial charge in [-0.1, -0.05) is 12.1 Å². The van der Waals surface area contributed by atoms with Gasteiger partial charge in [-0.25, -0.2) is 4.68 Å². The first-order chi connectivity index (χ1) is 8.69. The molecule has 0 spiro atoms. The van der Waals surface area contributed by atoms with E-state index in [0.29, 0.717) is 6.04 Å². The molecule has 1 aromatic heterocycles. The average molecular weight is 265 g/mol. The minimum absolute atomic E-state index is 0.290. The topological polar surface area (TPSA) is 49.2 Å². The fourth-order valence-electron chi connectivity index (χ4n) is 2.22. The molecule has 0 N–H and O–H groups in total. The molecule has 106 valence electrons. The molecule has 0 aliphatic carbocycles. The van der Waals surface area contributed by atoms with Gasteiger partial charge >= 0.3 is 7.12 Å². The van der Waals surface area contributed by atoms with Gasteiger partial charge in [-0.05, 0) is 48.0 Å². The van der Waals surface area contributed by atoms with E-state index in [2.05, 4.69) is 31.1 Å². The van der Waals surface area contributed by atoms with Crippen LogP contribution in [0, 0.1) is 0 Å². The number of nitrogens with zero attached hydrogens (tertiary/aromatic N) is 3. The fraction of sp³-hybridized carbons (Fsp3) is 0.846. The second kappa shape index (κ2) is 4.60. The third-order valence-corrected chi connectivity index (χ3v) is 4.12. The van der Waals surface area contributed by atoms with Gasteiger partial charge in [-0.3, -0.25) is 0 Å². The van der Waals surface area contributed by atoms with Crippen LogP contribution in [0.3, 0.4) is 0 Å². The molecule has 6 heteroatoms. The molecule has 0 bridgehead atoms. The van der Waals surface area contributed by atoms with Crippen molar-refractivity contribution in [3.05, 3.63) is 5.69 Å². The Labute approximate surface area is 115 Å². The highest BCUT2D eigenvalue weighted by atomic mass is 16.7. The summed E-state index contributed by atoms with van der Waals surface area (Å²) in [7, 11) is -0.424. The number of rotatable bonds is 3. The lowest BCUT2D eigenvalue weighted by atomic mass is 9.82. The highest BCUT2D eigenvalue weighted by molar-refractivity contribution is 6.61. The van der Waals surface area contributed by atoms with Gasteiger partial charge in [0, 0.05) is 6.04 Å². The van der Waals surface area contributed by atoms with E-state index in [9.17, 15) is 0 Å². The van der Waals surface area contributed by atoms with Crippen molar-refractivity contribution in [3.63, 3.8) is 0 Å². The first-order valence-electron chi connectivity index (χ1n) is 6.99. The third kappa shape index (κ3) is 2.32. The van der Waals surface area contributed by atoms with Gasteiger partial charge in [-0.15, -0.1) is 5.10 Å². The van der Waals surface area contributed by atoms with E-state index in [1.54, 1.807) is 0 Å². The van der Waals surface area contributed by atoms with Crippen molar-refractivity contribution in [2.45, 2.75) is 72.1 Å². The van der Waals surface area contributed by atoms with E-state index in [1.165, 1.54) is 0 Å². The summed E-state index contributed by atoms with van der Waals surface area (Å²) in [6, 6.07) is 0.290. The minimum Gasteiger partial charge on any atom is -0.398 e. The Morgan fingerprint density at radius 2 is 1.68 bits per heavy atom. The summed E-state index contributed by atoms with van der Waals surface area (Å²) >= 11 is 0. The normalized spacial score (nSPS) is 21.4. The molecule has 0 unspecified atom stereocenters. The lowest BCUT2D eigenvalue weighted by Gasteiger charge is -2.32. The maximum atomic E-state index is 6.05. The first-order valence-corrected chi connectivity index (χ1v) is 6.99. The molecule has 0 amide bonds. The van der Waals surface area contributed by atoms with Crippen LogP contribution in [0.2, 0.25) is 0 Å². The molecule has 19 heavy (non-hydrogen) atoms. The van der Waals surface area contributed by atoms with Gasteiger partial charge in [0.1, 0.15) is 5.59 Å². The summed E-state index contributed by atoms with van der Waals surface area (Å²) in [5, 5.41) is 8.52. The maximum absolute atomic E-state index is 6.05. The van der Waals surface area contributed by atoms with Crippen LogP contribution in [-0.4, -0.2) is 33.3 Å². The molecular formula is C13H24BN3O2. The van der Waals surface area contributed by atoms with Crippen molar-refractivity contribution in [2.24, 2.45) is 0 Å². The van der Waals surface area contributed by atoms with E-state index in [4.69, 9.17) is 9.31 Å². The lowest BCUT2D eigenvalue weighted by Crippen LogP contribution is -2.41. The van der Waals surface area contributed by atoms with Crippen molar-refractivity contribution in [2.75, 3.05) is 0 Å². The highest BCUT2D eigenvalue weighted by Crippen LogP contribution is 2.36. The van der Waals surface area contributed by atoms with Gasteiger partial charge in [-0.2, -0.15) is 0 Å². The van der Waals surface area contributed by atoms with Crippen LogP contribution in [0.1, 0.15) is 60.2 Å². The Morgan fingerprint density at radius 3 is 2.11 bits per heavy atom. The predicted octanol–water partition coefficient (Wildman–Crippen LogP) is 1.72. The molecule has 1 aliphatic rings. The largest absolute Gasteiger partial charge is 0.518 e. The molecule has 1 fully saturated rings. The molecule has 0 aromatic carbocycles. The number of aromatic nitrogens is 3. The molecule has 2 rings (SSSR count). The summed E-state index contributed by atoms with van der Waals surface area (Å²) in [6.07, 6.45) is 0.866. The van der Waals surface area contributed by atoms with Crippen molar-refractivity contribution in [3.8, 4) is 0 Å². The second-order valence-corrected chi connectivity index (χ2v) is 6.40. The average Bonchev–Trinajstić information content (AvgIpc) is 2.77. The van der Waals surface area contributed by atoms with Crippen molar-refractivity contribution in [1.82, 2.24) is 15.0 Å². The zero-order valence-electron chi connectivity index (χ0n) is 13.0. The standard InChI is InChI=1S/C13H24BN3O2/c1-8-10-11(15-16-17(10)9(2)3)14-18-12(4,5)13(6,7)19-14/h9H,8H2,1-7H3. The van der Waals surface area contributed by atoms with Crippen LogP contribution in [0.5, 0.6) is 0 Å². The Morgan fingerprint density at radius 1 is 1.16 bits per heavy atom. The quantitative estimate of drug-likeness (QED) is 0.781. The number of hydrogen-bond donors (Lipinski definition) is 0. The minimum atomic E-state index is -0.424. The first kappa shape index (κ1) is 14.5. The van der Waals surface area contributed by atoms with Crippen LogP contribution >= 0.6 is 0 Å².